The van der Waals surface area contributed by atoms with Gasteiger partial charge in [-0.3, -0.25) is 0 Å². The number of benzene rings is 1. The molecule has 1 saturated carbocycles. The Morgan fingerprint density at radius 1 is 1.09 bits per heavy atom. The van der Waals surface area contributed by atoms with E-state index in [2.05, 4.69) is 50.3 Å². The lowest BCUT2D eigenvalue weighted by Gasteiger charge is -2.23. The van der Waals surface area contributed by atoms with Crippen LogP contribution < -0.4 is 5.19 Å². The fraction of sp³-hybridized carbons (Fsp3) is 0.524. The van der Waals surface area contributed by atoms with Crippen molar-refractivity contribution in [1.82, 2.24) is 0 Å². The Morgan fingerprint density at radius 2 is 1.86 bits per heavy atom. The van der Waals surface area contributed by atoms with Crippen LogP contribution in [0.25, 0.3) is 0 Å². The highest BCUT2D eigenvalue weighted by Gasteiger charge is 2.18. The molecule has 118 valence electrons. The normalized spacial score (nSPS) is 20.0. The van der Waals surface area contributed by atoms with Gasteiger partial charge < -0.3 is 0 Å². The van der Waals surface area contributed by atoms with E-state index in [1.54, 1.807) is 21.5 Å². The number of hydrogen-bond acceptors (Lipinski definition) is 0. The third-order valence-corrected chi connectivity index (χ3v) is 7.64. The quantitative estimate of drug-likeness (QED) is 0.704. The second-order valence-corrected chi connectivity index (χ2v) is 9.44. The minimum absolute atomic E-state index is 0.284. The molecule has 1 aromatic carbocycles. The molecule has 1 heteroatoms. The van der Waals surface area contributed by atoms with Crippen LogP contribution in [0.3, 0.4) is 0 Å². The predicted molar refractivity (Wildman–Crippen MR) is 101 cm³/mol. The van der Waals surface area contributed by atoms with E-state index in [0.717, 1.165) is 5.92 Å². The maximum atomic E-state index is 2.42. The standard InChI is InChI=1S/C21H30Si/c1-16(2)19-12-8-14-21(19)22-20-13-7-6-11-18(20)15-17-9-4-3-5-10-17/h6-8,11-13,16-17H,3-5,9-10,14-15,22H2,1-2H3. The Balaban J connectivity index is 1.75. The van der Waals surface area contributed by atoms with Gasteiger partial charge in [-0.15, -0.1) is 0 Å². The molecule has 0 spiro atoms. The Bertz CT molecular complexity index is 559. The molecule has 1 fully saturated rings. The second kappa shape index (κ2) is 7.46. The summed E-state index contributed by atoms with van der Waals surface area (Å²) >= 11 is 0. The summed E-state index contributed by atoms with van der Waals surface area (Å²) < 4.78 is 0. The van der Waals surface area contributed by atoms with Crippen molar-refractivity contribution in [2.24, 2.45) is 11.8 Å². The number of allylic oxidation sites excluding steroid dienone is 4. The molecule has 0 unspecified atom stereocenters. The summed E-state index contributed by atoms with van der Waals surface area (Å²) in [6, 6.07) is 9.34. The van der Waals surface area contributed by atoms with Gasteiger partial charge in [0.05, 0.1) is 9.52 Å². The van der Waals surface area contributed by atoms with Crippen LogP contribution in [0.15, 0.2) is 47.2 Å². The molecule has 2 aliphatic carbocycles. The molecule has 0 N–H and O–H groups in total. The molecule has 0 bridgehead atoms. The maximum absolute atomic E-state index is 2.42. The molecule has 1 aromatic rings. The van der Waals surface area contributed by atoms with E-state index in [4.69, 9.17) is 0 Å². The molecule has 0 nitrogen and oxygen atoms in total. The van der Waals surface area contributed by atoms with E-state index in [0.29, 0.717) is 5.92 Å². The van der Waals surface area contributed by atoms with E-state index in [-0.39, 0.29) is 9.52 Å². The largest absolute Gasteiger partial charge is 0.0835 e. The van der Waals surface area contributed by atoms with Crippen molar-refractivity contribution in [2.45, 2.75) is 58.8 Å². The zero-order valence-electron chi connectivity index (χ0n) is 14.3. The van der Waals surface area contributed by atoms with Crippen LogP contribution in [0.2, 0.25) is 0 Å². The zero-order chi connectivity index (χ0) is 15.4. The molecule has 0 heterocycles. The first-order valence-electron chi connectivity index (χ1n) is 9.19. The monoisotopic (exact) mass is 310 g/mol. The van der Waals surface area contributed by atoms with E-state index in [1.807, 2.05) is 0 Å². The van der Waals surface area contributed by atoms with Crippen LogP contribution in [-0.4, -0.2) is 9.52 Å². The van der Waals surface area contributed by atoms with E-state index in [9.17, 15) is 0 Å². The van der Waals surface area contributed by atoms with Gasteiger partial charge in [-0.25, -0.2) is 0 Å². The van der Waals surface area contributed by atoms with Gasteiger partial charge in [-0.1, -0.05) is 98.3 Å². The predicted octanol–water partition coefficient (Wildman–Crippen LogP) is 4.47. The third-order valence-electron chi connectivity index (χ3n) is 5.45. The summed E-state index contributed by atoms with van der Waals surface area (Å²) in [4.78, 5) is 0. The minimum atomic E-state index is -0.284. The second-order valence-electron chi connectivity index (χ2n) is 7.47. The third kappa shape index (κ3) is 3.81. The smallest absolute Gasteiger partial charge is 0.0806 e. The van der Waals surface area contributed by atoms with Gasteiger partial charge in [0.2, 0.25) is 0 Å². The molecule has 0 saturated heterocycles. The fourth-order valence-corrected chi connectivity index (χ4v) is 6.44. The Hall–Kier alpha value is -1.08. The summed E-state index contributed by atoms with van der Waals surface area (Å²) in [6.07, 6.45) is 14.6. The van der Waals surface area contributed by atoms with Gasteiger partial charge in [-0.2, -0.15) is 0 Å². The summed E-state index contributed by atoms with van der Waals surface area (Å²) in [5.74, 6) is 1.64. The summed E-state index contributed by atoms with van der Waals surface area (Å²) in [5.41, 5.74) is 3.31. The highest BCUT2D eigenvalue weighted by Crippen LogP contribution is 2.27. The fourth-order valence-electron chi connectivity index (χ4n) is 4.20. The van der Waals surface area contributed by atoms with Crippen LogP contribution in [0.4, 0.5) is 0 Å². The van der Waals surface area contributed by atoms with Crippen molar-refractivity contribution in [3.63, 3.8) is 0 Å². The summed E-state index contributed by atoms with van der Waals surface area (Å²) in [5, 5.41) is 3.50. The lowest BCUT2D eigenvalue weighted by Crippen LogP contribution is -2.24. The molecule has 0 atom stereocenters. The molecule has 0 aliphatic heterocycles. The molecule has 22 heavy (non-hydrogen) atoms. The van der Waals surface area contributed by atoms with Gasteiger partial charge in [0.15, 0.2) is 0 Å². The van der Waals surface area contributed by atoms with Crippen molar-refractivity contribution < 1.29 is 0 Å². The Morgan fingerprint density at radius 3 is 2.64 bits per heavy atom. The molecule has 0 amide bonds. The van der Waals surface area contributed by atoms with Crippen LogP contribution in [0.1, 0.15) is 57.9 Å². The lowest BCUT2D eigenvalue weighted by molar-refractivity contribution is 0.357. The highest BCUT2D eigenvalue weighted by atomic mass is 28.2. The number of rotatable bonds is 5. The molecule has 3 rings (SSSR count). The van der Waals surface area contributed by atoms with Crippen molar-refractivity contribution in [2.75, 3.05) is 0 Å². The Kier molecular flexibility index (Phi) is 5.35. The molecular formula is C21H30Si. The van der Waals surface area contributed by atoms with Gasteiger partial charge in [-0.05, 0) is 30.2 Å². The first-order valence-corrected chi connectivity index (χ1v) is 10.6. The van der Waals surface area contributed by atoms with Crippen LogP contribution >= 0.6 is 0 Å². The summed E-state index contributed by atoms with van der Waals surface area (Å²) in [7, 11) is -0.284. The van der Waals surface area contributed by atoms with Crippen molar-refractivity contribution in [3.8, 4) is 0 Å². The average Bonchev–Trinajstić information content (AvgIpc) is 2.99. The van der Waals surface area contributed by atoms with Crippen LogP contribution in [-0.2, 0) is 6.42 Å². The molecule has 0 aromatic heterocycles. The average molecular weight is 311 g/mol. The van der Waals surface area contributed by atoms with Crippen molar-refractivity contribution in [3.05, 3.63) is 52.8 Å². The highest BCUT2D eigenvalue weighted by molar-refractivity contribution is 6.61. The van der Waals surface area contributed by atoms with Crippen molar-refractivity contribution in [1.29, 1.82) is 0 Å². The number of hydrogen-bond donors (Lipinski definition) is 0. The molecule has 0 radical (unpaired) electrons. The maximum Gasteiger partial charge on any atom is 0.0835 e. The van der Waals surface area contributed by atoms with Crippen LogP contribution in [0, 0.1) is 11.8 Å². The van der Waals surface area contributed by atoms with Gasteiger partial charge >= 0.3 is 0 Å². The van der Waals surface area contributed by atoms with Gasteiger partial charge in [0, 0.05) is 0 Å². The lowest BCUT2D eigenvalue weighted by atomic mass is 9.85. The molecule has 2 aliphatic rings. The van der Waals surface area contributed by atoms with Gasteiger partial charge in [0.1, 0.15) is 0 Å². The first-order chi connectivity index (χ1) is 10.7. The minimum Gasteiger partial charge on any atom is -0.0806 e. The SMILES string of the molecule is CC(C)C1=C([SiH2]c2ccccc2CC2CCCCC2)CC=C1. The van der Waals surface area contributed by atoms with Crippen molar-refractivity contribution >= 4 is 14.7 Å². The van der Waals surface area contributed by atoms with Crippen LogP contribution in [0.5, 0.6) is 0 Å². The topological polar surface area (TPSA) is 0 Å². The first kappa shape index (κ1) is 15.8. The van der Waals surface area contributed by atoms with Gasteiger partial charge in [0.25, 0.3) is 0 Å². The van der Waals surface area contributed by atoms with E-state index in [1.165, 1.54) is 44.9 Å². The molecular weight excluding hydrogens is 280 g/mol. The van der Waals surface area contributed by atoms with E-state index >= 15 is 0 Å². The zero-order valence-corrected chi connectivity index (χ0v) is 15.7. The summed E-state index contributed by atoms with van der Waals surface area (Å²) in [6.45, 7) is 4.68. The Labute approximate surface area is 138 Å². The van der Waals surface area contributed by atoms with E-state index < -0.39 is 0 Å².